The Morgan fingerprint density at radius 2 is 0.537 bits per heavy atom. The van der Waals surface area contributed by atoms with E-state index in [9.17, 15) is 14.4 Å². The molecule has 67 heavy (non-hydrogen) atoms. The molecule has 0 aromatic carbocycles. The third-order valence-electron chi connectivity index (χ3n) is 14.3. The van der Waals surface area contributed by atoms with Crippen LogP contribution in [0.15, 0.2) is 0 Å². The number of carbonyl (C=O) groups is 3. The number of rotatable bonds is 57. The average Bonchev–Trinajstić information content (AvgIpc) is 3.33. The monoisotopic (exact) mass is 946 g/mol. The summed E-state index contributed by atoms with van der Waals surface area (Å²) in [6, 6.07) is -0.802. The summed E-state index contributed by atoms with van der Waals surface area (Å²) in [6.45, 7) is 7.62. The number of hydrogen-bond donors (Lipinski definition) is 1. The minimum absolute atomic E-state index is 0.108. The third-order valence-corrected chi connectivity index (χ3v) is 14.3. The minimum atomic E-state index is -0.802. The van der Waals surface area contributed by atoms with Gasteiger partial charge in [-0.2, -0.15) is 0 Å². The normalized spacial score (nSPS) is 11.9. The zero-order valence-electron chi connectivity index (χ0n) is 45.8. The van der Waals surface area contributed by atoms with Gasteiger partial charge in [0.25, 0.3) is 0 Å². The lowest BCUT2D eigenvalue weighted by Crippen LogP contribution is -2.42. The second-order valence-corrected chi connectivity index (χ2v) is 21.1. The molecule has 0 saturated heterocycles. The first-order valence-electron chi connectivity index (χ1n) is 30.7. The SMILES string of the molecule is CCCCCCCCCCCCCCCCCCCCCCOC(=O)CC[C@H](NC(=O)CCCCCCCCCCC)C(=O)OCCCCCCCCCCCCCCCCCCCCCC. The van der Waals surface area contributed by atoms with Crippen molar-refractivity contribution >= 4 is 17.8 Å². The van der Waals surface area contributed by atoms with Crippen LogP contribution in [0, 0.1) is 0 Å². The van der Waals surface area contributed by atoms with E-state index in [0.29, 0.717) is 19.6 Å². The fourth-order valence-electron chi connectivity index (χ4n) is 9.62. The molecule has 1 N–H and O–H groups in total. The summed E-state index contributed by atoms with van der Waals surface area (Å²) < 4.78 is 11.2. The van der Waals surface area contributed by atoms with E-state index in [4.69, 9.17) is 9.47 Å². The lowest BCUT2D eigenvalue weighted by atomic mass is 10.0. The van der Waals surface area contributed by atoms with Crippen molar-refractivity contribution in [2.45, 2.75) is 361 Å². The summed E-state index contributed by atoms with van der Waals surface area (Å²) in [6.07, 6.45) is 64.9. The number of amides is 1. The fraction of sp³-hybridized carbons (Fsp3) is 0.951. The first kappa shape index (κ1) is 65.4. The van der Waals surface area contributed by atoms with Crippen molar-refractivity contribution in [2.24, 2.45) is 0 Å². The van der Waals surface area contributed by atoms with Crippen molar-refractivity contribution in [1.29, 1.82) is 0 Å². The Bertz CT molecular complexity index is 1000. The molecule has 0 bridgehead atoms. The van der Waals surface area contributed by atoms with Crippen LogP contribution in [0.3, 0.4) is 0 Å². The van der Waals surface area contributed by atoms with E-state index in [1.165, 1.54) is 270 Å². The predicted octanol–water partition coefficient (Wildman–Crippen LogP) is 19.9. The zero-order chi connectivity index (χ0) is 48.6. The number of carbonyl (C=O) groups excluding carboxylic acids is 3. The highest BCUT2D eigenvalue weighted by Crippen LogP contribution is 2.18. The molecule has 0 aliphatic carbocycles. The molecule has 0 spiro atoms. The van der Waals surface area contributed by atoms with Crippen LogP contribution < -0.4 is 5.32 Å². The van der Waals surface area contributed by atoms with Gasteiger partial charge in [-0.05, 0) is 25.7 Å². The number of hydrogen-bond acceptors (Lipinski definition) is 5. The van der Waals surface area contributed by atoms with Crippen LogP contribution >= 0.6 is 0 Å². The van der Waals surface area contributed by atoms with Crippen molar-refractivity contribution in [3.8, 4) is 0 Å². The smallest absolute Gasteiger partial charge is 0.328 e. The molecule has 0 rings (SSSR count). The van der Waals surface area contributed by atoms with Crippen LogP contribution in [0.2, 0.25) is 0 Å². The van der Waals surface area contributed by atoms with Crippen molar-refractivity contribution in [2.75, 3.05) is 13.2 Å². The van der Waals surface area contributed by atoms with E-state index >= 15 is 0 Å². The Balaban J connectivity index is 4.14. The Kier molecular flexibility index (Phi) is 55.6. The summed E-state index contributed by atoms with van der Waals surface area (Å²) in [4.78, 5) is 38.8. The molecule has 0 aliphatic heterocycles. The van der Waals surface area contributed by atoms with Gasteiger partial charge in [-0.15, -0.1) is 0 Å². The van der Waals surface area contributed by atoms with Gasteiger partial charge >= 0.3 is 11.9 Å². The van der Waals surface area contributed by atoms with Crippen LogP contribution in [0.5, 0.6) is 0 Å². The van der Waals surface area contributed by atoms with Gasteiger partial charge in [0.2, 0.25) is 5.91 Å². The number of esters is 2. The Labute approximate surface area is 419 Å². The first-order valence-corrected chi connectivity index (χ1v) is 30.7. The summed E-state index contributed by atoms with van der Waals surface area (Å²) in [5.41, 5.74) is 0. The third kappa shape index (κ3) is 53.6. The molecule has 0 aromatic rings. The van der Waals surface area contributed by atoms with E-state index in [0.717, 1.165) is 44.9 Å². The van der Waals surface area contributed by atoms with Crippen LogP contribution in [0.1, 0.15) is 355 Å². The van der Waals surface area contributed by atoms with Gasteiger partial charge in [0.1, 0.15) is 6.04 Å². The summed E-state index contributed by atoms with van der Waals surface area (Å²) in [5, 5.41) is 2.92. The van der Waals surface area contributed by atoms with Gasteiger partial charge < -0.3 is 14.8 Å². The second kappa shape index (κ2) is 57.0. The van der Waals surface area contributed by atoms with Gasteiger partial charge in [0.05, 0.1) is 13.2 Å². The molecule has 0 heterocycles. The molecule has 1 atom stereocenters. The van der Waals surface area contributed by atoms with Gasteiger partial charge in [-0.25, -0.2) is 4.79 Å². The minimum Gasteiger partial charge on any atom is -0.466 e. The molecule has 0 unspecified atom stereocenters. The van der Waals surface area contributed by atoms with Gasteiger partial charge in [-0.3, -0.25) is 9.59 Å². The van der Waals surface area contributed by atoms with Crippen LogP contribution in [0.25, 0.3) is 0 Å². The summed E-state index contributed by atoms with van der Waals surface area (Å²) in [7, 11) is 0. The second-order valence-electron chi connectivity index (χ2n) is 21.1. The average molecular weight is 947 g/mol. The van der Waals surface area contributed by atoms with E-state index < -0.39 is 12.0 Å². The zero-order valence-corrected chi connectivity index (χ0v) is 45.8. The topological polar surface area (TPSA) is 81.7 Å². The molecule has 398 valence electrons. The molecule has 6 nitrogen and oxygen atoms in total. The van der Waals surface area contributed by atoms with Crippen LogP contribution in [-0.4, -0.2) is 37.1 Å². The molecular formula is C61H119NO5. The molecule has 0 saturated carbocycles. The highest BCUT2D eigenvalue weighted by atomic mass is 16.5. The van der Waals surface area contributed by atoms with Gasteiger partial charge in [-0.1, -0.05) is 316 Å². The first-order chi connectivity index (χ1) is 33.0. The Morgan fingerprint density at radius 1 is 0.299 bits per heavy atom. The maximum atomic E-state index is 13.2. The molecule has 0 fully saturated rings. The fourth-order valence-corrected chi connectivity index (χ4v) is 9.62. The summed E-state index contributed by atoms with van der Waals surface area (Å²) in [5.74, 6) is -0.834. The molecule has 0 aliphatic rings. The standard InChI is InChI=1S/C61H119NO5/c1-4-7-10-13-16-19-21-23-25-27-29-31-33-35-37-39-42-45-48-51-56-66-60(64)55-54-58(62-59(63)53-50-47-44-41-18-15-12-9-6-3)61(65)67-57-52-49-46-43-40-38-36-34-32-30-28-26-24-22-20-17-14-11-8-5-2/h58H,4-57H2,1-3H3,(H,62,63)/t58-/m0/s1. The molecule has 6 heteroatoms. The molecule has 0 radical (unpaired) electrons. The molecular weight excluding hydrogens is 827 g/mol. The largest absolute Gasteiger partial charge is 0.466 e. The Hall–Kier alpha value is -1.59. The van der Waals surface area contributed by atoms with Crippen LogP contribution in [0.4, 0.5) is 0 Å². The van der Waals surface area contributed by atoms with Gasteiger partial charge in [0, 0.05) is 12.8 Å². The molecule has 0 aromatic heterocycles. The van der Waals surface area contributed by atoms with E-state index in [1.807, 2.05) is 0 Å². The quantitative estimate of drug-likeness (QED) is 0.0485. The highest BCUT2D eigenvalue weighted by molar-refractivity contribution is 5.85. The number of ether oxygens (including phenoxy) is 2. The highest BCUT2D eigenvalue weighted by Gasteiger charge is 2.23. The van der Waals surface area contributed by atoms with Crippen molar-refractivity contribution in [3.05, 3.63) is 0 Å². The lowest BCUT2D eigenvalue weighted by Gasteiger charge is -2.18. The predicted molar refractivity (Wildman–Crippen MR) is 291 cm³/mol. The van der Waals surface area contributed by atoms with Crippen molar-refractivity contribution < 1.29 is 23.9 Å². The number of nitrogens with one attached hydrogen (secondary N) is 1. The van der Waals surface area contributed by atoms with E-state index in [2.05, 4.69) is 26.1 Å². The van der Waals surface area contributed by atoms with Crippen molar-refractivity contribution in [3.63, 3.8) is 0 Å². The summed E-state index contributed by atoms with van der Waals surface area (Å²) >= 11 is 0. The van der Waals surface area contributed by atoms with Crippen LogP contribution in [-0.2, 0) is 23.9 Å². The Morgan fingerprint density at radius 3 is 0.821 bits per heavy atom. The maximum absolute atomic E-state index is 13.2. The van der Waals surface area contributed by atoms with E-state index in [1.54, 1.807) is 0 Å². The maximum Gasteiger partial charge on any atom is 0.328 e. The lowest BCUT2D eigenvalue weighted by molar-refractivity contribution is -0.149. The van der Waals surface area contributed by atoms with E-state index in [-0.39, 0.29) is 24.7 Å². The number of unbranched alkanes of at least 4 members (excludes halogenated alkanes) is 46. The van der Waals surface area contributed by atoms with Gasteiger partial charge in [0.15, 0.2) is 0 Å². The van der Waals surface area contributed by atoms with Crippen molar-refractivity contribution in [1.82, 2.24) is 5.32 Å². The molecule has 1 amide bonds.